The normalized spacial score (nSPS) is 15.0. The molecule has 1 aliphatic rings. The predicted molar refractivity (Wildman–Crippen MR) is 107 cm³/mol. The van der Waals surface area contributed by atoms with Gasteiger partial charge in [0.05, 0.1) is 6.54 Å². The third kappa shape index (κ3) is 5.56. The number of carbonyl (C=O) groups excluding carboxylic acids is 1. The van der Waals surface area contributed by atoms with Crippen molar-refractivity contribution in [1.82, 2.24) is 4.90 Å². The van der Waals surface area contributed by atoms with E-state index in [1.54, 1.807) is 0 Å². The Morgan fingerprint density at radius 3 is 2.46 bits per heavy atom. The molecule has 5 nitrogen and oxygen atoms in total. The van der Waals surface area contributed by atoms with Crippen LogP contribution in [0.4, 0.5) is 20.2 Å². The predicted octanol–water partition coefficient (Wildman–Crippen LogP) is 4.01. The van der Waals surface area contributed by atoms with Crippen LogP contribution in [0.25, 0.3) is 0 Å². The molecule has 3 rings (SSSR count). The molecule has 150 valence electrons. The second kappa shape index (κ2) is 9.21. The highest BCUT2D eigenvalue weighted by Gasteiger charge is 2.20. The lowest BCUT2D eigenvalue weighted by molar-refractivity contribution is -0.117. The monoisotopic (exact) mass is 409 g/mol. The van der Waals surface area contributed by atoms with Crippen molar-refractivity contribution >= 4 is 28.9 Å². The van der Waals surface area contributed by atoms with Crippen LogP contribution >= 0.6 is 11.6 Å². The van der Waals surface area contributed by atoms with Crippen molar-refractivity contribution in [3.05, 3.63) is 53.1 Å². The maximum absolute atomic E-state index is 12.3. The van der Waals surface area contributed by atoms with Crippen molar-refractivity contribution in [2.45, 2.75) is 13.5 Å². The highest BCUT2D eigenvalue weighted by atomic mass is 35.5. The van der Waals surface area contributed by atoms with Crippen molar-refractivity contribution in [1.29, 1.82) is 0 Å². The molecule has 1 fully saturated rings. The van der Waals surface area contributed by atoms with Crippen LogP contribution in [0.2, 0.25) is 5.02 Å². The van der Waals surface area contributed by atoms with Gasteiger partial charge in [0.25, 0.3) is 0 Å². The van der Waals surface area contributed by atoms with E-state index in [1.165, 1.54) is 29.8 Å². The lowest BCUT2D eigenvalue weighted by Gasteiger charge is -2.36. The van der Waals surface area contributed by atoms with Gasteiger partial charge in [-0.1, -0.05) is 17.7 Å². The molecule has 0 unspecified atom stereocenters. The van der Waals surface area contributed by atoms with Crippen molar-refractivity contribution in [2.75, 3.05) is 42.9 Å². The first kappa shape index (κ1) is 20.4. The Kier molecular flexibility index (Phi) is 6.70. The quantitative estimate of drug-likeness (QED) is 0.783. The van der Waals surface area contributed by atoms with Gasteiger partial charge in [0.15, 0.2) is 0 Å². The van der Waals surface area contributed by atoms with E-state index < -0.39 is 6.61 Å². The summed E-state index contributed by atoms with van der Waals surface area (Å²) in [5, 5.41) is 3.49. The van der Waals surface area contributed by atoms with Crippen molar-refractivity contribution in [2.24, 2.45) is 0 Å². The molecule has 1 amide bonds. The number of halogens is 3. The number of nitrogens with zero attached hydrogens (tertiary/aromatic N) is 2. The molecule has 0 aliphatic carbocycles. The topological polar surface area (TPSA) is 44.8 Å². The highest BCUT2D eigenvalue weighted by Crippen LogP contribution is 2.25. The van der Waals surface area contributed by atoms with E-state index in [4.69, 9.17) is 11.6 Å². The molecule has 1 aliphatic heterocycles. The first-order valence-corrected chi connectivity index (χ1v) is 9.37. The molecule has 2 aromatic carbocycles. The minimum Gasteiger partial charge on any atom is -0.435 e. The Bertz CT molecular complexity index is 810. The smallest absolute Gasteiger partial charge is 0.387 e. The molecular weight excluding hydrogens is 388 g/mol. The number of piperazine rings is 1. The summed E-state index contributed by atoms with van der Waals surface area (Å²) in [6.07, 6.45) is 0. The zero-order valence-corrected chi connectivity index (χ0v) is 16.3. The number of nitrogens with one attached hydrogen (secondary N) is 1. The third-order valence-corrected chi connectivity index (χ3v) is 4.85. The summed E-state index contributed by atoms with van der Waals surface area (Å²) in [6.45, 7) is 2.62. The Balaban J connectivity index is 1.48. The van der Waals surface area contributed by atoms with E-state index in [-0.39, 0.29) is 18.2 Å². The van der Waals surface area contributed by atoms with Crippen LogP contribution in [0, 0.1) is 6.92 Å². The van der Waals surface area contributed by atoms with Gasteiger partial charge in [-0.2, -0.15) is 8.78 Å². The number of aryl methyl sites for hydroxylation is 1. The van der Waals surface area contributed by atoms with Crippen molar-refractivity contribution in [3.63, 3.8) is 0 Å². The fourth-order valence-corrected chi connectivity index (χ4v) is 3.36. The lowest BCUT2D eigenvalue weighted by Crippen LogP contribution is -2.48. The number of hydrogen-bond donors (Lipinski definition) is 1. The Morgan fingerprint density at radius 2 is 1.82 bits per heavy atom. The number of alkyl halides is 2. The summed E-state index contributed by atoms with van der Waals surface area (Å²) in [6, 6.07) is 11.7. The SMILES string of the molecule is Cc1ccc(Cl)cc1N1CCN(CC(=O)Nc2ccc(OC(F)F)cc2)CC1. The van der Waals surface area contributed by atoms with E-state index >= 15 is 0 Å². The molecule has 1 heterocycles. The van der Waals surface area contributed by atoms with Gasteiger partial charge in [0.1, 0.15) is 5.75 Å². The lowest BCUT2D eigenvalue weighted by atomic mass is 10.1. The molecule has 8 heteroatoms. The highest BCUT2D eigenvalue weighted by molar-refractivity contribution is 6.30. The molecule has 2 aromatic rings. The maximum atomic E-state index is 12.3. The second-order valence-electron chi connectivity index (χ2n) is 6.65. The van der Waals surface area contributed by atoms with Gasteiger partial charge in [0.2, 0.25) is 5.91 Å². The first-order chi connectivity index (χ1) is 13.4. The van der Waals surface area contributed by atoms with E-state index in [1.807, 2.05) is 18.2 Å². The average molecular weight is 410 g/mol. The largest absolute Gasteiger partial charge is 0.435 e. The van der Waals surface area contributed by atoms with Gasteiger partial charge in [-0.3, -0.25) is 9.69 Å². The molecule has 0 saturated carbocycles. The molecule has 0 radical (unpaired) electrons. The van der Waals surface area contributed by atoms with Gasteiger partial charge in [-0.25, -0.2) is 0 Å². The number of benzene rings is 2. The number of hydrogen-bond acceptors (Lipinski definition) is 4. The summed E-state index contributed by atoms with van der Waals surface area (Å²) in [5.74, 6) is -0.0876. The number of rotatable bonds is 6. The number of anilines is 2. The molecule has 1 saturated heterocycles. The maximum Gasteiger partial charge on any atom is 0.387 e. The summed E-state index contributed by atoms with van der Waals surface area (Å²) >= 11 is 6.11. The molecular formula is C20H22ClF2N3O2. The van der Waals surface area contributed by atoms with E-state index in [0.717, 1.165) is 31.9 Å². The number of carbonyl (C=O) groups is 1. The van der Waals surface area contributed by atoms with Crippen molar-refractivity contribution < 1.29 is 18.3 Å². The zero-order valence-electron chi connectivity index (χ0n) is 15.5. The van der Waals surface area contributed by atoms with E-state index in [0.29, 0.717) is 10.7 Å². The van der Waals surface area contributed by atoms with Gasteiger partial charge in [-0.15, -0.1) is 0 Å². The van der Waals surface area contributed by atoms with Crippen LogP contribution < -0.4 is 15.0 Å². The van der Waals surface area contributed by atoms with E-state index in [2.05, 4.69) is 26.8 Å². The summed E-state index contributed by atoms with van der Waals surface area (Å²) in [5.41, 5.74) is 2.84. The Labute approximate surface area is 167 Å². The Morgan fingerprint density at radius 1 is 1.14 bits per heavy atom. The van der Waals surface area contributed by atoms with Crippen molar-refractivity contribution in [3.8, 4) is 5.75 Å². The molecule has 0 aromatic heterocycles. The molecule has 0 atom stereocenters. The van der Waals surface area contributed by atoms with Crippen LogP contribution in [0.15, 0.2) is 42.5 Å². The Hall–Kier alpha value is -2.38. The summed E-state index contributed by atoms with van der Waals surface area (Å²) < 4.78 is 28.6. The molecule has 0 bridgehead atoms. The zero-order chi connectivity index (χ0) is 20.1. The standard InChI is InChI=1S/C20H22ClF2N3O2/c1-14-2-3-15(21)12-18(14)26-10-8-25(9-11-26)13-19(27)24-16-4-6-17(7-5-16)28-20(22)23/h2-7,12,20H,8-11,13H2,1H3,(H,24,27). The van der Waals surface area contributed by atoms with Gasteiger partial charge >= 0.3 is 6.61 Å². The minimum absolute atomic E-state index is 0.0560. The summed E-state index contributed by atoms with van der Waals surface area (Å²) in [4.78, 5) is 16.6. The van der Waals surface area contributed by atoms with E-state index in [9.17, 15) is 13.6 Å². The molecule has 28 heavy (non-hydrogen) atoms. The summed E-state index contributed by atoms with van der Waals surface area (Å²) in [7, 11) is 0. The van der Waals surface area contributed by atoms with Gasteiger partial charge < -0.3 is 15.0 Å². The average Bonchev–Trinajstić information content (AvgIpc) is 2.65. The van der Waals surface area contributed by atoms with Crippen LogP contribution in [0.3, 0.4) is 0 Å². The first-order valence-electron chi connectivity index (χ1n) is 8.99. The van der Waals surface area contributed by atoms with Crippen LogP contribution in [0.5, 0.6) is 5.75 Å². The van der Waals surface area contributed by atoms with Crippen LogP contribution in [-0.2, 0) is 4.79 Å². The minimum atomic E-state index is -2.87. The van der Waals surface area contributed by atoms with Gasteiger partial charge in [-0.05, 0) is 48.9 Å². The molecule has 0 spiro atoms. The molecule has 1 N–H and O–H groups in total. The van der Waals surface area contributed by atoms with Gasteiger partial charge in [0, 0.05) is 42.6 Å². The third-order valence-electron chi connectivity index (χ3n) is 4.61. The van der Waals surface area contributed by atoms with Crippen LogP contribution in [-0.4, -0.2) is 50.1 Å². The van der Waals surface area contributed by atoms with Crippen LogP contribution in [0.1, 0.15) is 5.56 Å². The fraction of sp³-hybridized carbons (Fsp3) is 0.350. The fourth-order valence-electron chi connectivity index (χ4n) is 3.19. The number of ether oxygens (including phenoxy) is 1. The second-order valence-corrected chi connectivity index (χ2v) is 7.08. The number of amides is 1.